The summed E-state index contributed by atoms with van der Waals surface area (Å²) in [6.07, 6.45) is 1.46. The third-order valence-corrected chi connectivity index (χ3v) is 3.67. The molecule has 0 saturated heterocycles. The molecule has 1 N–H and O–H groups in total. The zero-order valence-corrected chi connectivity index (χ0v) is 12.3. The Hall–Kier alpha value is -2.39. The summed E-state index contributed by atoms with van der Waals surface area (Å²) in [4.78, 5) is 8.24. The quantitative estimate of drug-likeness (QED) is 0.702. The van der Waals surface area contributed by atoms with Gasteiger partial charge in [0.25, 0.3) is 0 Å². The Morgan fingerprint density at radius 2 is 1.62 bits per heavy atom. The summed E-state index contributed by atoms with van der Waals surface area (Å²) >= 11 is 6.05. The minimum atomic E-state index is 0.463. The summed E-state index contributed by atoms with van der Waals surface area (Å²) in [5.74, 6) is 0.721. The lowest BCUT2D eigenvalue weighted by Gasteiger charge is -2.13. The topological polar surface area (TPSA) is 37.8 Å². The minimum absolute atomic E-state index is 0.463. The van der Waals surface area contributed by atoms with Crippen LogP contribution in [-0.4, -0.2) is 9.97 Å². The van der Waals surface area contributed by atoms with E-state index in [2.05, 4.69) is 33.5 Å². The van der Waals surface area contributed by atoms with Gasteiger partial charge in [-0.3, -0.25) is 0 Å². The van der Waals surface area contributed by atoms with Gasteiger partial charge < -0.3 is 5.32 Å². The van der Waals surface area contributed by atoms with Gasteiger partial charge in [0.1, 0.15) is 17.3 Å². The SMILES string of the molecule is Cc1c(Cl)ncnc1Nc1ccccc1-c1ccccc1. The largest absolute Gasteiger partial charge is 0.339 e. The van der Waals surface area contributed by atoms with Gasteiger partial charge in [0.15, 0.2) is 0 Å². The molecule has 0 unspecified atom stereocenters. The van der Waals surface area contributed by atoms with Crippen molar-refractivity contribution >= 4 is 23.1 Å². The molecule has 104 valence electrons. The molecule has 0 spiro atoms. The molecular weight excluding hydrogens is 282 g/mol. The van der Waals surface area contributed by atoms with Crippen LogP contribution in [0.25, 0.3) is 11.1 Å². The number of halogens is 1. The van der Waals surface area contributed by atoms with Gasteiger partial charge in [-0.05, 0) is 18.6 Å². The third-order valence-electron chi connectivity index (χ3n) is 3.29. The fourth-order valence-electron chi connectivity index (χ4n) is 2.14. The van der Waals surface area contributed by atoms with Crippen LogP contribution in [0.5, 0.6) is 0 Å². The summed E-state index contributed by atoms with van der Waals surface area (Å²) in [5, 5.41) is 3.81. The van der Waals surface area contributed by atoms with Crippen LogP contribution in [0.3, 0.4) is 0 Å². The summed E-state index contributed by atoms with van der Waals surface area (Å²) < 4.78 is 0. The fourth-order valence-corrected chi connectivity index (χ4v) is 2.28. The van der Waals surface area contributed by atoms with Crippen LogP contribution in [0.1, 0.15) is 5.56 Å². The Bertz CT molecular complexity index is 757. The molecule has 0 aliphatic heterocycles. The number of anilines is 2. The maximum atomic E-state index is 6.05. The van der Waals surface area contributed by atoms with E-state index in [1.54, 1.807) is 0 Å². The summed E-state index contributed by atoms with van der Waals surface area (Å²) in [6.45, 7) is 1.90. The number of para-hydroxylation sites is 1. The molecule has 2 aromatic carbocycles. The van der Waals surface area contributed by atoms with Crippen molar-refractivity contribution in [2.24, 2.45) is 0 Å². The van der Waals surface area contributed by atoms with Crippen LogP contribution in [-0.2, 0) is 0 Å². The van der Waals surface area contributed by atoms with Gasteiger partial charge in [-0.25, -0.2) is 9.97 Å². The van der Waals surface area contributed by atoms with E-state index in [9.17, 15) is 0 Å². The molecule has 3 rings (SSSR count). The summed E-state index contributed by atoms with van der Waals surface area (Å²) in [5.41, 5.74) is 4.09. The van der Waals surface area contributed by atoms with Crippen molar-refractivity contribution in [3.8, 4) is 11.1 Å². The number of nitrogens with one attached hydrogen (secondary N) is 1. The third kappa shape index (κ3) is 2.88. The first-order chi connectivity index (χ1) is 10.3. The Kier molecular flexibility index (Phi) is 3.84. The Morgan fingerprint density at radius 3 is 2.43 bits per heavy atom. The predicted octanol–water partition coefficient (Wildman–Crippen LogP) is 4.85. The standard InChI is InChI=1S/C17H14ClN3/c1-12-16(18)19-11-20-17(12)21-15-10-6-5-9-14(15)13-7-3-2-4-8-13/h2-11H,1H3,(H,19,20,21). The lowest BCUT2D eigenvalue weighted by atomic mass is 10.0. The number of hydrogen-bond donors (Lipinski definition) is 1. The van der Waals surface area contributed by atoms with Gasteiger partial charge in [-0.1, -0.05) is 60.1 Å². The van der Waals surface area contributed by atoms with E-state index in [1.165, 1.54) is 6.33 Å². The predicted molar refractivity (Wildman–Crippen MR) is 86.9 cm³/mol. The van der Waals surface area contributed by atoms with E-state index in [0.717, 1.165) is 28.2 Å². The number of aromatic nitrogens is 2. The molecule has 0 bridgehead atoms. The Morgan fingerprint density at radius 1 is 0.905 bits per heavy atom. The van der Waals surface area contributed by atoms with Crippen molar-refractivity contribution in [2.75, 3.05) is 5.32 Å². The number of hydrogen-bond acceptors (Lipinski definition) is 3. The molecule has 1 heterocycles. The van der Waals surface area contributed by atoms with E-state index in [0.29, 0.717) is 5.15 Å². The molecule has 0 saturated carbocycles. The Labute approximate surface area is 128 Å². The van der Waals surface area contributed by atoms with Gasteiger partial charge in [-0.2, -0.15) is 0 Å². The first kappa shape index (κ1) is 13.6. The highest BCUT2D eigenvalue weighted by Gasteiger charge is 2.08. The molecule has 0 fully saturated rings. The zero-order valence-electron chi connectivity index (χ0n) is 11.5. The van der Waals surface area contributed by atoms with E-state index in [-0.39, 0.29) is 0 Å². The van der Waals surface area contributed by atoms with Crippen molar-refractivity contribution in [3.63, 3.8) is 0 Å². The average Bonchev–Trinajstić information content (AvgIpc) is 2.53. The van der Waals surface area contributed by atoms with Gasteiger partial charge >= 0.3 is 0 Å². The highest BCUT2D eigenvalue weighted by atomic mass is 35.5. The van der Waals surface area contributed by atoms with Crippen LogP contribution < -0.4 is 5.32 Å². The van der Waals surface area contributed by atoms with E-state index < -0.39 is 0 Å². The lowest BCUT2D eigenvalue weighted by Crippen LogP contribution is -1.99. The highest BCUT2D eigenvalue weighted by molar-refractivity contribution is 6.30. The van der Waals surface area contributed by atoms with Crippen LogP contribution in [0.15, 0.2) is 60.9 Å². The van der Waals surface area contributed by atoms with Crippen molar-refractivity contribution in [2.45, 2.75) is 6.92 Å². The highest BCUT2D eigenvalue weighted by Crippen LogP contribution is 2.31. The van der Waals surface area contributed by atoms with Gasteiger partial charge in [0, 0.05) is 16.8 Å². The maximum absolute atomic E-state index is 6.05. The molecule has 1 aromatic heterocycles. The molecule has 0 aliphatic rings. The molecule has 21 heavy (non-hydrogen) atoms. The number of nitrogens with zero attached hydrogens (tertiary/aromatic N) is 2. The van der Waals surface area contributed by atoms with Crippen molar-refractivity contribution in [3.05, 3.63) is 71.6 Å². The normalized spacial score (nSPS) is 10.4. The fraction of sp³-hybridized carbons (Fsp3) is 0.0588. The van der Waals surface area contributed by atoms with Crippen molar-refractivity contribution in [1.82, 2.24) is 9.97 Å². The molecular formula is C17H14ClN3. The summed E-state index contributed by atoms with van der Waals surface area (Å²) in [7, 11) is 0. The second-order valence-corrected chi connectivity index (χ2v) is 5.03. The molecule has 3 nitrogen and oxygen atoms in total. The lowest BCUT2D eigenvalue weighted by molar-refractivity contribution is 1.13. The summed E-state index contributed by atoms with van der Waals surface area (Å²) in [6, 6.07) is 18.3. The molecule has 0 atom stereocenters. The van der Waals surface area contributed by atoms with Crippen molar-refractivity contribution in [1.29, 1.82) is 0 Å². The minimum Gasteiger partial charge on any atom is -0.339 e. The van der Waals surface area contributed by atoms with Crippen LogP contribution >= 0.6 is 11.6 Å². The molecule has 0 radical (unpaired) electrons. The van der Waals surface area contributed by atoms with Gasteiger partial charge in [-0.15, -0.1) is 0 Å². The van der Waals surface area contributed by atoms with E-state index in [4.69, 9.17) is 11.6 Å². The monoisotopic (exact) mass is 295 g/mol. The second kappa shape index (κ2) is 5.94. The zero-order chi connectivity index (χ0) is 14.7. The van der Waals surface area contributed by atoms with Crippen LogP contribution in [0.2, 0.25) is 5.15 Å². The van der Waals surface area contributed by atoms with E-state index in [1.807, 2.05) is 43.3 Å². The van der Waals surface area contributed by atoms with Crippen molar-refractivity contribution < 1.29 is 0 Å². The number of benzene rings is 2. The second-order valence-electron chi connectivity index (χ2n) is 4.67. The van der Waals surface area contributed by atoms with Gasteiger partial charge in [0.05, 0.1) is 0 Å². The average molecular weight is 296 g/mol. The molecule has 4 heteroatoms. The van der Waals surface area contributed by atoms with Gasteiger partial charge in [0.2, 0.25) is 0 Å². The number of rotatable bonds is 3. The smallest absolute Gasteiger partial charge is 0.138 e. The first-order valence-electron chi connectivity index (χ1n) is 6.64. The van der Waals surface area contributed by atoms with E-state index >= 15 is 0 Å². The first-order valence-corrected chi connectivity index (χ1v) is 7.02. The Balaban J connectivity index is 2.02. The molecule has 3 aromatic rings. The molecule has 0 aliphatic carbocycles. The van der Waals surface area contributed by atoms with Crippen LogP contribution in [0.4, 0.5) is 11.5 Å². The maximum Gasteiger partial charge on any atom is 0.138 e. The van der Waals surface area contributed by atoms with Crippen LogP contribution in [0, 0.1) is 6.92 Å². The molecule has 0 amide bonds.